The molecule has 5 rings (SSSR count). The van der Waals surface area contributed by atoms with Crippen molar-refractivity contribution in [2.45, 2.75) is 141 Å². The Balaban J connectivity index is 1.51. The van der Waals surface area contributed by atoms with Crippen molar-refractivity contribution in [3.63, 3.8) is 0 Å². The van der Waals surface area contributed by atoms with E-state index >= 15 is 0 Å². The van der Waals surface area contributed by atoms with Gasteiger partial charge in [0.2, 0.25) is 0 Å². The molecule has 4 unspecified atom stereocenters. The van der Waals surface area contributed by atoms with Crippen LogP contribution in [0.1, 0.15) is 87.0 Å². The van der Waals surface area contributed by atoms with Crippen LogP contribution in [0.25, 0.3) is 0 Å². The van der Waals surface area contributed by atoms with Crippen molar-refractivity contribution in [1.29, 1.82) is 0 Å². The van der Waals surface area contributed by atoms with E-state index in [1.165, 1.54) is 12.8 Å². The van der Waals surface area contributed by atoms with Gasteiger partial charge in [0, 0.05) is 5.92 Å². The Morgan fingerprint density at radius 2 is 1.41 bits per heavy atom. The minimum atomic E-state index is -1.86. The lowest BCUT2D eigenvalue weighted by molar-refractivity contribution is -0.225. The Labute approximate surface area is 208 Å². The summed E-state index contributed by atoms with van der Waals surface area (Å²) in [5.41, 5.74) is 0.126. The van der Waals surface area contributed by atoms with E-state index in [1.807, 2.05) is 13.8 Å². The van der Waals surface area contributed by atoms with Crippen LogP contribution < -0.4 is 0 Å². The Morgan fingerprint density at radius 1 is 0.824 bits per heavy atom. The van der Waals surface area contributed by atoms with E-state index < -0.39 is 26.3 Å². The molecule has 5 aliphatic rings. The Morgan fingerprint density at radius 3 is 2.06 bits per heavy atom. The molecule has 11 atom stereocenters. The molecule has 2 N–H and O–H groups in total. The molecule has 4 saturated carbocycles. The van der Waals surface area contributed by atoms with Crippen molar-refractivity contribution in [2.75, 3.05) is 0 Å². The molecule has 4 aliphatic carbocycles. The molecule has 0 amide bonds. The highest BCUT2D eigenvalue weighted by Crippen LogP contribution is 2.69. The largest absolute Gasteiger partial charge is 0.413 e. The summed E-state index contributed by atoms with van der Waals surface area (Å²) < 4.78 is 20.4. The van der Waals surface area contributed by atoms with E-state index in [2.05, 4.69) is 47.7 Å². The fraction of sp³-hybridized carbons (Fsp3) is 1.00. The molecule has 6 heteroatoms. The van der Waals surface area contributed by atoms with Gasteiger partial charge in [-0.2, -0.15) is 0 Å². The summed E-state index contributed by atoms with van der Waals surface area (Å²) in [6.07, 6.45) is 5.03. The van der Waals surface area contributed by atoms with Crippen molar-refractivity contribution in [2.24, 2.45) is 34.5 Å². The van der Waals surface area contributed by atoms with Crippen LogP contribution in [0.15, 0.2) is 0 Å². The lowest BCUT2D eigenvalue weighted by atomic mass is 9.43. The lowest BCUT2D eigenvalue weighted by Gasteiger charge is -2.64. The third kappa shape index (κ3) is 3.56. The second-order valence-electron chi connectivity index (χ2n) is 15.0. The maximum Gasteiger partial charge on any atom is 0.192 e. The number of rotatable bonds is 2. The molecule has 1 saturated heterocycles. The standard InChI is InChI=1S/C28H50O5Si/c1-25(2,3)34(8,9)33-19-11-10-16-20-17(12-14-27(16,19)6)28(7)15-13-18(29)22(30)21(28)24-23(20)31-26(4,5)32-24/h16-24,29-30H,10-15H2,1-9H3/t16?,17?,18-,19+,20?,21?,22+,23-,24-,27+,28-/m1/s1. The second kappa shape index (κ2) is 7.77. The highest BCUT2D eigenvalue weighted by Gasteiger charge is 2.70. The van der Waals surface area contributed by atoms with E-state index in [1.54, 1.807) is 0 Å². The summed E-state index contributed by atoms with van der Waals surface area (Å²) in [4.78, 5) is 0. The summed E-state index contributed by atoms with van der Waals surface area (Å²) in [6, 6.07) is 0. The number of ether oxygens (including phenoxy) is 2. The maximum atomic E-state index is 11.2. The predicted octanol–water partition coefficient (Wildman–Crippen LogP) is 5.49. The van der Waals surface area contributed by atoms with Crippen LogP contribution in [-0.4, -0.2) is 54.8 Å². The van der Waals surface area contributed by atoms with Gasteiger partial charge in [0.1, 0.15) is 0 Å². The number of hydrogen-bond donors (Lipinski definition) is 2. The Hall–Kier alpha value is 0.0169. The van der Waals surface area contributed by atoms with Gasteiger partial charge in [0.25, 0.3) is 0 Å². The van der Waals surface area contributed by atoms with E-state index in [4.69, 9.17) is 13.9 Å². The molecule has 0 aromatic heterocycles. The smallest absolute Gasteiger partial charge is 0.192 e. The minimum absolute atomic E-state index is 0.0192. The minimum Gasteiger partial charge on any atom is -0.413 e. The van der Waals surface area contributed by atoms with Crippen molar-refractivity contribution >= 4 is 8.32 Å². The third-order valence-corrected chi connectivity index (χ3v) is 16.2. The van der Waals surface area contributed by atoms with Crippen molar-refractivity contribution in [1.82, 2.24) is 0 Å². The zero-order valence-electron chi connectivity index (χ0n) is 23.1. The van der Waals surface area contributed by atoms with E-state index in [0.717, 1.165) is 19.3 Å². The number of fused-ring (bicyclic) bond motifs is 8. The number of hydrogen-bond acceptors (Lipinski definition) is 5. The summed E-state index contributed by atoms with van der Waals surface area (Å²) >= 11 is 0. The first-order valence-corrected chi connectivity index (χ1v) is 16.8. The zero-order chi connectivity index (χ0) is 25.1. The summed E-state index contributed by atoms with van der Waals surface area (Å²) in [5.74, 6) is 0.726. The van der Waals surface area contributed by atoms with E-state index in [0.29, 0.717) is 30.3 Å². The van der Waals surface area contributed by atoms with Gasteiger partial charge in [-0.25, -0.2) is 0 Å². The molecule has 0 bridgehead atoms. The molecule has 5 fully saturated rings. The normalized spacial score (nSPS) is 52.5. The molecular formula is C28H50O5Si. The SMILES string of the molecule is CC1(C)O[C@@H]2C3C(CC[C@@]4(C)C3CC[C@@H]4O[Si](C)(C)C(C)(C)C)[C@@]3(C)CC[C@@H](O)[C@H](O)C3[C@H]2O1. The van der Waals surface area contributed by atoms with E-state index in [9.17, 15) is 10.2 Å². The van der Waals surface area contributed by atoms with Crippen LogP contribution in [0.3, 0.4) is 0 Å². The van der Waals surface area contributed by atoms with E-state index in [-0.39, 0.29) is 34.0 Å². The highest BCUT2D eigenvalue weighted by atomic mass is 28.4. The van der Waals surface area contributed by atoms with Gasteiger partial charge in [-0.15, -0.1) is 0 Å². The average molecular weight is 495 g/mol. The van der Waals surface area contributed by atoms with Gasteiger partial charge < -0.3 is 24.1 Å². The fourth-order valence-electron chi connectivity index (χ4n) is 8.92. The first-order valence-electron chi connectivity index (χ1n) is 13.9. The van der Waals surface area contributed by atoms with Crippen LogP contribution >= 0.6 is 0 Å². The molecular weight excluding hydrogens is 444 g/mol. The summed E-state index contributed by atoms with van der Waals surface area (Å²) in [7, 11) is -1.86. The quantitative estimate of drug-likeness (QED) is 0.497. The monoisotopic (exact) mass is 494 g/mol. The van der Waals surface area contributed by atoms with Crippen molar-refractivity contribution in [3.05, 3.63) is 0 Å². The maximum absolute atomic E-state index is 11.2. The van der Waals surface area contributed by atoms with Gasteiger partial charge in [-0.1, -0.05) is 34.6 Å². The average Bonchev–Trinajstić information content (AvgIpc) is 3.19. The van der Waals surface area contributed by atoms with Gasteiger partial charge in [-0.05, 0) is 99.1 Å². The second-order valence-corrected chi connectivity index (χ2v) is 19.7. The number of aliphatic hydroxyl groups is 2. The molecule has 0 spiro atoms. The van der Waals surface area contributed by atoms with Crippen LogP contribution in [0.4, 0.5) is 0 Å². The molecule has 0 aromatic rings. The summed E-state index contributed by atoms with van der Waals surface area (Å²) in [6.45, 7) is 20.7. The highest BCUT2D eigenvalue weighted by molar-refractivity contribution is 6.74. The van der Waals surface area contributed by atoms with Gasteiger partial charge >= 0.3 is 0 Å². The first kappa shape index (κ1) is 25.7. The number of aliphatic hydroxyl groups excluding tert-OH is 2. The van der Waals surface area contributed by atoms with Gasteiger partial charge in [0.05, 0.1) is 30.5 Å². The lowest BCUT2D eigenvalue weighted by Crippen LogP contribution is -2.67. The Bertz CT molecular complexity index is 807. The van der Waals surface area contributed by atoms with Crippen LogP contribution in [0.5, 0.6) is 0 Å². The predicted molar refractivity (Wildman–Crippen MR) is 136 cm³/mol. The molecule has 0 aromatic carbocycles. The third-order valence-electron chi connectivity index (χ3n) is 11.7. The molecule has 1 aliphatic heterocycles. The molecule has 196 valence electrons. The Kier molecular flexibility index (Phi) is 5.86. The molecule has 0 radical (unpaired) electrons. The first-order chi connectivity index (χ1) is 15.5. The molecule has 34 heavy (non-hydrogen) atoms. The van der Waals surface area contributed by atoms with Crippen molar-refractivity contribution in [3.8, 4) is 0 Å². The van der Waals surface area contributed by atoms with Gasteiger partial charge in [-0.3, -0.25) is 0 Å². The van der Waals surface area contributed by atoms with Crippen LogP contribution in [-0.2, 0) is 13.9 Å². The molecule has 5 nitrogen and oxygen atoms in total. The van der Waals surface area contributed by atoms with Gasteiger partial charge in [0.15, 0.2) is 14.1 Å². The molecule has 1 heterocycles. The summed E-state index contributed by atoms with van der Waals surface area (Å²) in [5, 5.41) is 22.1. The zero-order valence-corrected chi connectivity index (χ0v) is 24.1. The fourth-order valence-corrected chi connectivity index (χ4v) is 10.4. The topological polar surface area (TPSA) is 68.2 Å². The van der Waals surface area contributed by atoms with Crippen LogP contribution in [0.2, 0.25) is 18.1 Å². The van der Waals surface area contributed by atoms with Crippen LogP contribution in [0, 0.1) is 34.5 Å². The van der Waals surface area contributed by atoms with Crippen molar-refractivity contribution < 1.29 is 24.1 Å².